The number of nitrogens with one attached hydrogen (secondary N) is 1. The van der Waals surface area contributed by atoms with E-state index in [4.69, 9.17) is 9.15 Å². The first kappa shape index (κ1) is 15.2. The maximum atomic E-state index is 12.7. The van der Waals surface area contributed by atoms with E-state index in [2.05, 4.69) is 10.3 Å². The molecular weight excluding hydrogens is 292 g/mol. The Hall–Kier alpha value is -2.66. The summed E-state index contributed by atoms with van der Waals surface area (Å²) in [5, 5.41) is 3.79. The molecule has 2 heterocycles. The van der Waals surface area contributed by atoms with Gasteiger partial charge in [0.05, 0.1) is 12.1 Å². The average Bonchev–Trinajstić information content (AvgIpc) is 3.00. The van der Waals surface area contributed by atoms with Gasteiger partial charge in [-0.1, -0.05) is 12.1 Å². The summed E-state index contributed by atoms with van der Waals surface area (Å²) in [4.78, 5) is 17.0. The minimum Gasteiger partial charge on any atom is -0.464 e. The minimum atomic E-state index is -0.340. The molecule has 0 saturated carbocycles. The van der Waals surface area contributed by atoms with Crippen LogP contribution in [0.5, 0.6) is 0 Å². The van der Waals surface area contributed by atoms with Crippen molar-refractivity contribution in [2.24, 2.45) is 0 Å². The molecule has 1 aromatic carbocycles. The van der Waals surface area contributed by atoms with Gasteiger partial charge in [-0.3, -0.25) is 9.78 Å². The highest BCUT2D eigenvalue weighted by molar-refractivity contribution is 6.06. The number of carbonyl (C=O) groups is 1. The van der Waals surface area contributed by atoms with Crippen molar-refractivity contribution in [2.45, 2.75) is 13.0 Å². The number of furan rings is 1. The van der Waals surface area contributed by atoms with Crippen molar-refractivity contribution < 1.29 is 13.9 Å². The summed E-state index contributed by atoms with van der Waals surface area (Å²) >= 11 is 0. The Kier molecular flexibility index (Phi) is 4.39. The highest BCUT2D eigenvalue weighted by Gasteiger charge is 2.20. The van der Waals surface area contributed by atoms with Crippen molar-refractivity contribution in [3.05, 3.63) is 65.7 Å². The number of benzene rings is 1. The summed E-state index contributed by atoms with van der Waals surface area (Å²) in [6, 6.07) is 12.6. The fourth-order valence-corrected chi connectivity index (χ4v) is 2.54. The lowest BCUT2D eigenvalue weighted by Crippen LogP contribution is -2.31. The highest BCUT2D eigenvalue weighted by atomic mass is 16.5. The Bertz CT molecular complexity index is 821. The monoisotopic (exact) mass is 310 g/mol. The largest absolute Gasteiger partial charge is 0.464 e. The Morgan fingerprint density at radius 1 is 1.26 bits per heavy atom. The van der Waals surface area contributed by atoms with Crippen LogP contribution in [-0.4, -0.2) is 24.6 Å². The van der Waals surface area contributed by atoms with Crippen LogP contribution < -0.4 is 5.32 Å². The molecule has 2 aromatic heterocycles. The summed E-state index contributed by atoms with van der Waals surface area (Å²) in [6.07, 6.45) is 1.71. The van der Waals surface area contributed by atoms with E-state index in [1.54, 1.807) is 19.4 Å². The van der Waals surface area contributed by atoms with Crippen molar-refractivity contribution in [2.75, 3.05) is 13.7 Å². The van der Waals surface area contributed by atoms with Crippen molar-refractivity contribution >= 4 is 16.8 Å². The van der Waals surface area contributed by atoms with Gasteiger partial charge in [0, 0.05) is 24.3 Å². The normalized spacial score (nSPS) is 12.3. The lowest BCUT2D eigenvalue weighted by molar-refractivity contribution is 0.0884. The Balaban J connectivity index is 1.89. The zero-order valence-corrected chi connectivity index (χ0v) is 13.1. The molecule has 118 valence electrons. The zero-order valence-electron chi connectivity index (χ0n) is 13.1. The number of aromatic nitrogens is 1. The van der Waals surface area contributed by atoms with Crippen LogP contribution in [0.25, 0.3) is 10.9 Å². The molecule has 0 spiro atoms. The number of carbonyl (C=O) groups excluding carboxylic acids is 1. The number of aryl methyl sites for hydroxylation is 1. The average molecular weight is 310 g/mol. The third-order valence-corrected chi connectivity index (χ3v) is 3.63. The van der Waals surface area contributed by atoms with E-state index >= 15 is 0 Å². The maximum absolute atomic E-state index is 12.7. The second-order valence-electron chi connectivity index (χ2n) is 5.31. The quantitative estimate of drug-likeness (QED) is 0.785. The summed E-state index contributed by atoms with van der Waals surface area (Å²) in [5.74, 6) is 1.29. The number of ether oxygens (including phenoxy) is 1. The molecule has 1 N–H and O–H groups in total. The SMILES string of the molecule is COCC(NC(=O)c1cccc2ncccc12)c1ccc(C)o1. The maximum Gasteiger partial charge on any atom is 0.252 e. The molecule has 5 nitrogen and oxygen atoms in total. The molecule has 0 saturated heterocycles. The summed E-state index contributed by atoms with van der Waals surface area (Å²) in [5.41, 5.74) is 1.37. The number of hydrogen-bond donors (Lipinski definition) is 1. The summed E-state index contributed by atoms with van der Waals surface area (Å²) in [7, 11) is 1.59. The molecule has 1 amide bonds. The van der Waals surface area contributed by atoms with Crippen LogP contribution in [0.4, 0.5) is 0 Å². The molecule has 0 radical (unpaired) electrons. The van der Waals surface area contributed by atoms with Gasteiger partial charge in [-0.2, -0.15) is 0 Å². The Morgan fingerprint density at radius 3 is 2.87 bits per heavy atom. The van der Waals surface area contributed by atoms with Crippen LogP contribution in [0.15, 0.2) is 53.1 Å². The molecule has 0 fully saturated rings. The predicted molar refractivity (Wildman–Crippen MR) is 87.3 cm³/mol. The lowest BCUT2D eigenvalue weighted by Gasteiger charge is -2.16. The molecule has 0 aliphatic carbocycles. The number of nitrogens with zero attached hydrogens (tertiary/aromatic N) is 1. The van der Waals surface area contributed by atoms with Crippen LogP contribution in [0, 0.1) is 6.92 Å². The highest BCUT2D eigenvalue weighted by Crippen LogP contribution is 2.20. The number of pyridine rings is 1. The van der Waals surface area contributed by atoms with Crippen molar-refractivity contribution in [1.29, 1.82) is 0 Å². The van der Waals surface area contributed by atoms with Crippen molar-refractivity contribution in [3.8, 4) is 0 Å². The van der Waals surface area contributed by atoms with E-state index in [9.17, 15) is 4.79 Å². The number of fused-ring (bicyclic) bond motifs is 1. The van der Waals surface area contributed by atoms with Gasteiger partial charge in [-0.15, -0.1) is 0 Å². The minimum absolute atomic E-state index is 0.181. The second kappa shape index (κ2) is 6.62. The fraction of sp³-hybridized carbons (Fsp3) is 0.222. The second-order valence-corrected chi connectivity index (χ2v) is 5.31. The topological polar surface area (TPSA) is 64.4 Å². The molecule has 3 aromatic rings. The van der Waals surface area contributed by atoms with Crippen LogP contribution >= 0.6 is 0 Å². The van der Waals surface area contributed by atoms with Gasteiger partial charge in [0.15, 0.2) is 0 Å². The van der Waals surface area contributed by atoms with E-state index in [-0.39, 0.29) is 11.9 Å². The molecule has 3 rings (SSSR count). The Labute approximate surface area is 134 Å². The number of methoxy groups -OCH3 is 1. The molecule has 0 aliphatic heterocycles. The number of hydrogen-bond acceptors (Lipinski definition) is 4. The molecular formula is C18H18N2O3. The predicted octanol–water partition coefficient (Wildman–Crippen LogP) is 3.25. The van der Waals surface area contributed by atoms with Gasteiger partial charge in [0.2, 0.25) is 0 Å². The van der Waals surface area contributed by atoms with Gasteiger partial charge in [0.25, 0.3) is 5.91 Å². The third-order valence-electron chi connectivity index (χ3n) is 3.63. The van der Waals surface area contributed by atoms with Gasteiger partial charge in [-0.25, -0.2) is 0 Å². The number of rotatable bonds is 5. The Morgan fingerprint density at radius 2 is 2.13 bits per heavy atom. The standard InChI is InChI=1S/C18H18N2O3/c1-12-8-9-17(23-12)16(11-22-2)20-18(21)14-5-3-7-15-13(14)6-4-10-19-15/h3-10,16H,11H2,1-2H3,(H,20,21). The smallest absolute Gasteiger partial charge is 0.252 e. The number of amides is 1. The first-order valence-corrected chi connectivity index (χ1v) is 7.39. The first-order valence-electron chi connectivity index (χ1n) is 7.39. The van der Waals surface area contributed by atoms with Crippen LogP contribution in [0.2, 0.25) is 0 Å². The van der Waals surface area contributed by atoms with E-state index in [1.165, 1.54) is 0 Å². The van der Waals surface area contributed by atoms with Crippen molar-refractivity contribution in [3.63, 3.8) is 0 Å². The van der Waals surface area contributed by atoms with Gasteiger partial charge in [-0.05, 0) is 37.3 Å². The van der Waals surface area contributed by atoms with Crippen LogP contribution in [-0.2, 0) is 4.74 Å². The van der Waals surface area contributed by atoms with E-state index in [0.29, 0.717) is 17.9 Å². The summed E-state index contributed by atoms with van der Waals surface area (Å²) < 4.78 is 10.8. The van der Waals surface area contributed by atoms with Crippen molar-refractivity contribution in [1.82, 2.24) is 10.3 Å². The lowest BCUT2D eigenvalue weighted by atomic mass is 10.1. The van der Waals surface area contributed by atoms with Gasteiger partial charge in [0.1, 0.15) is 17.6 Å². The first-order chi connectivity index (χ1) is 11.2. The fourth-order valence-electron chi connectivity index (χ4n) is 2.54. The van der Waals surface area contributed by atoms with E-state index < -0.39 is 0 Å². The molecule has 1 atom stereocenters. The molecule has 0 bridgehead atoms. The molecule has 5 heteroatoms. The molecule has 23 heavy (non-hydrogen) atoms. The van der Waals surface area contributed by atoms with Gasteiger partial charge < -0.3 is 14.5 Å². The van der Waals surface area contributed by atoms with Crippen LogP contribution in [0.1, 0.15) is 27.9 Å². The van der Waals surface area contributed by atoms with Gasteiger partial charge >= 0.3 is 0 Å². The molecule has 1 unspecified atom stereocenters. The summed E-state index contributed by atoms with van der Waals surface area (Å²) in [6.45, 7) is 2.20. The van der Waals surface area contributed by atoms with Crippen LogP contribution in [0.3, 0.4) is 0 Å². The zero-order chi connectivity index (χ0) is 16.2. The van der Waals surface area contributed by atoms with E-state index in [1.807, 2.05) is 43.3 Å². The van der Waals surface area contributed by atoms with E-state index in [0.717, 1.165) is 16.7 Å². The molecule has 0 aliphatic rings. The third kappa shape index (κ3) is 3.24.